The number of hydrogen-bond acceptors (Lipinski definition) is 2. The third-order valence-corrected chi connectivity index (χ3v) is 2.50. The minimum absolute atomic E-state index is 0.130. The van der Waals surface area contributed by atoms with Crippen LogP contribution in [0, 0.1) is 0 Å². The van der Waals surface area contributed by atoms with Gasteiger partial charge in [-0.25, -0.2) is 0 Å². The first kappa shape index (κ1) is 12.3. The third kappa shape index (κ3) is 3.15. The minimum atomic E-state index is -0.130. The lowest BCUT2D eigenvalue weighted by Gasteiger charge is -2.07. The maximum atomic E-state index is 11.9. The van der Waals surface area contributed by atoms with Crippen molar-refractivity contribution >= 4 is 35.0 Å². The molecule has 0 aliphatic carbocycles. The van der Waals surface area contributed by atoms with Crippen LogP contribution in [0.4, 0.5) is 11.4 Å². The highest BCUT2D eigenvalue weighted by atomic mass is 32.1. The van der Waals surface area contributed by atoms with E-state index in [1.807, 2.05) is 42.5 Å². The van der Waals surface area contributed by atoms with Gasteiger partial charge in [0.25, 0.3) is 5.91 Å². The van der Waals surface area contributed by atoms with Crippen molar-refractivity contribution in [3.05, 3.63) is 60.2 Å². The fraction of sp³-hybridized carbons (Fsp3) is 0. The first-order valence-electron chi connectivity index (χ1n) is 5.46. The molecular formula is C14H12N2OS. The van der Waals surface area contributed by atoms with Crippen LogP contribution in [-0.2, 0) is 0 Å². The molecule has 18 heavy (non-hydrogen) atoms. The van der Waals surface area contributed by atoms with Crippen molar-refractivity contribution in [3.8, 4) is 0 Å². The Bertz CT molecular complexity index is 555. The second kappa shape index (κ2) is 5.93. The van der Waals surface area contributed by atoms with Crippen LogP contribution in [0.1, 0.15) is 10.4 Å². The predicted molar refractivity (Wildman–Crippen MR) is 78.1 cm³/mol. The standard InChI is InChI=1S/C14H12N2OS/c17-14(11-5-2-1-3-6-11)16-13-8-4-7-12(9-13)15-10-18/h1-10H,(H,15,18)(H,16,17). The van der Waals surface area contributed by atoms with Crippen LogP contribution in [-0.4, -0.2) is 11.4 Å². The molecule has 0 saturated carbocycles. The largest absolute Gasteiger partial charge is 0.353 e. The zero-order valence-corrected chi connectivity index (χ0v) is 10.4. The van der Waals surface area contributed by atoms with Gasteiger partial charge in [-0.15, -0.1) is 0 Å². The highest BCUT2D eigenvalue weighted by Crippen LogP contribution is 2.15. The van der Waals surface area contributed by atoms with Crippen molar-refractivity contribution in [2.24, 2.45) is 0 Å². The van der Waals surface area contributed by atoms with Gasteiger partial charge in [-0.05, 0) is 30.3 Å². The van der Waals surface area contributed by atoms with E-state index in [4.69, 9.17) is 12.2 Å². The van der Waals surface area contributed by atoms with E-state index in [-0.39, 0.29) is 5.91 Å². The molecule has 0 saturated heterocycles. The van der Waals surface area contributed by atoms with Crippen molar-refractivity contribution < 1.29 is 4.79 Å². The predicted octanol–water partition coefficient (Wildman–Crippen LogP) is 3.31. The van der Waals surface area contributed by atoms with Gasteiger partial charge in [0.15, 0.2) is 0 Å². The molecule has 0 aliphatic heterocycles. The molecule has 0 bridgehead atoms. The maximum Gasteiger partial charge on any atom is 0.255 e. The first-order valence-corrected chi connectivity index (χ1v) is 5.93. The van der Waals surface area contributed by atoms with Gasteiger partial charge in [-0.3, -0.25) is 4.79 Å². The number of carbonyl (C=O) groups is 1. The molecule has 0 heterocycles. The Hall–Kier alpha value is -2.20. The molecule has 0 atom stereocenters. The summed E-state index contributed by atoms with van der Waals surface area (Å²) in [6, 6.07) is 16.5. The topological polar surface area (TPSA) is 41.1 Å². The quantitative estimate of drug-likeness (QED) is 0.825. The average Bonchev–Trinajstić information content (AvgIpc) is 2.40. The number of rotatable bonds is 4. The van der Waals surface area contributed by atoms with Crippen molar-refractivity contribution in [1.29, 1.82) is 0 Å². The molecule has 1 amide bonds. The molecule has 2 rings (SSSR count). The molecule has 2 aromatic carbocycles. The lowest BCUT2D eigenvalue weighted by Crippen LogP contribution is -2.11. The van der Waals surface area contributed by atoms with Crippen molar-refractivity contribution in [3.63, 3.8) is 0 Å². The van der Waals surface area contributed by atoms with Crippen LogP contribution in [0.5, 0.6) is 0 Å². The average molecular weight is 256 g/mol. The summed E-state index contributed by atoms with van der Waals surface area (Å²) in [5.74, 6) is -0.130. The molecule has 3 nitrogen and oxygen atoms in total. The Balaban J connectivity index is 2.12. The van der Waals surface area contributed by atoms with Crippen LogP contribution in [0.3, 0.4) is 0 Å². The van der Waals surface area contributed by atoms with E-state index in [1.54, 1.807) is 12.1 Å². The zero-order valence-electron chi connectivity index (χ0n) is 9.59. The van der Waals surface area contributed by atoms with Gasteiger partial charge < -0.3 is 10.6 Å². The number of carbonyl (C=O) groups excluding carboxylic acids is 1. The molecule has 0 unspecified atom stereocenters. The third-order valence-electron chi connectivity index (χ3n) is 2.38. The fourth-order valence-corrected chi connectivity index (χ4v) is 1.68. The second-order valence-corrected chi connectivity index (χ2v) is 3.90. The van der Waals surface area contributed by atoms with E-state index in [9.17, 15) is 4.79 Å². The molecule has 0 aliphatic rings. The van der Waals surface area contributed by atoms with Gasteiger partial charge >= 0.3 is 0 Å². The van der Waals surface area contributed by atoms with Gasteiger partial charge in [0.2, 0.25) is 0 Å². The number of hydrogen-bond donors (Lipinski definition) is 2. The van der Waals surface area contributed by atoms with E-state index in [2.05, 4.69) is 10.6 Å². The van der Waals surface area contributed by atoms with Crippen LogP contribution in [0.15, 0.2) is 54.6 Å². The SMILES string of the molecule is O=C(Nc1cccc(NC=S)c1)c1ccccc1. The Morgan fingerprint density at radius 1 is 1.00 bits per heavy atom. The van der Waals surface area contributed by atoms with Gasteiger partial charge in [-0.2, -0.15) is 0 Å². The van der Waals surface area contributed by atoms with E-state index in [0.717, 1.165) is 11.4 Å². The molecule has 2 N–H and O–H groups in total. The maximum absolute atomic E-state index is 11.9. The highest BCUT2D eigenvalue weighted by Gasteiger charge is 2.04. The molecule has 0 fully saturated rings. The summed E-state index contributed by atoms with van der Waals surface area (Å²) in [5.41, 5.74) is 3.63. The number of nitrogens with one attached hydrogen (secondary N) is 2. The number of benzene rings is 2. The van der Waals surface area contributed by atoms with E-state index in [1.165, 1.54) is 5.49 Å². The van der Waals surface area contributed by atoms with Gasteiger partial charge in [0.05, 0.1) is 5.49 Å². The summed E-state index contributed by atoms with van der Waals surface area (Å²) in [6.07, 6.45) is 0. The van der Waals surface area contributed by atoms with Gasteiger partial charge in [-0.1, -0.05) is 36.5 Å². The lowest BCUT2D eigenvalue weighted by atomic mass is 10.2. The van der Waals surface area contributed by atoms with Crippen LogP contribution in [0.2, 0.25) is 0 Å². The molecular weight excluding hydrogens is 244 g/mol. The molecule has 0 spiro atoms. The van der Waals surface area contributed by atoms with Crippen molar-refractivity contribution in [1.82, 2.24) is 0 Å². The number of thiocarbonyl (C=S) groups is 1. The smallest absolute Gasteiger partial charge is 0.255 e. The van der Waals surface area contributed by atoms with Crippen LogP contribution >= 0.6 is 12.2 Å². The van der Waals surface area contributed by atoms with E-state index < -0.39 is 0 Å². The van der Waals surface area contributed by atoms with Gasteiger partial charge in [0, 0.05) is 16.9 Å². The lowest BCUT2D eigenvalue weighted by molar-refractivity contribution is 0.102. The van der Waals surface area contributed by atoms with E-state index >= 15 is 0 Å². The molecule has 4 heteroatoms. The molecule has 0 aromatic heterocycles. The second-order valence-electron chi connectivity index (χ2n) is 3.66. The summed E-state index contributed by atoms with van der Waals surface area (Å²) < 4.78 is 0. The van der Waals surface area contributed by atoms with Crippen LogP contribution in [0.25, 0.3) is 0 Å². The Morgan fingerprint density at radius 3 is 2.44 bits per heavy atom. The summed E-state index contributed by atoms with van der Waals surface area (Å²) in [6.45, 7) is 0. The van der Waals surface area contributed by atoms with Crippen molar-refractivity contribution in [2.45, 2.75) is 0 Å². The summed E-state index contributed by atoms with van der Waals surface area (Å²) in [7, 11) is 0. The molecule has 2 aromatic rings. The fourth-order valence-electron chi connectivity index (χ4n) is 1.55. The summed E-state index contributed by atoms with van der Waals surface area (Å²) >= 11 is 4.72. The van der Waals surface area contributed by atoms with Crippen molar-refractivity contribution in [2.75, 3.05) is 10.6 Å². The zero-order chi connectivity index (χ0) is 12.8. The summed E-state index contributed by atoms with van der Waals surface area (Å²) in [5, 5.41) is 5.73. The summed E-state index contributed by atoms with van der Waals surface area (Å²) in [4.78, 5) is 11.9. The number of anilines is 2. The van der Waals surface area contributed by atoms with Gasteiger partial charge in [0.1, 0.15) is 0 Å². The molecule has 0 radical (unpaired) electrons. The Labute approximate surface area is 111 Å². The number of amides is 1. The molecule has 90 valence electrons. The highest BCUT2D eigenvalue weighted by molar-refractivity contribution is 7.79. The monoisotopic (exact) mass is 256 g/mol. The minimum Gasteiger partial charge on any atom is -0.353 e. The first-order chi connectivity index (χ1) is 8.79. The van der Waals surface area contributed by atoms with Crippen LogP contribution < -0.4 is 10.6 Å². The normalized spacial score (nSPS) is 9.56. The Kier molecular flexibility index (Phi) is 4.04. The van der Waals surface area contributed by atoms with E-state index in [0.29, 0.717) is 5.56 Å². The Morgan fingerprint density at radius 2 is 1.72 bits per heavy atom.